The van der Waals surface area contributed by atoms with Crippen molar-refractivity contribution in [1.82, 2.24) is 0 Å². The fourth-order valence-electron chi connectivity index (χ4n) is 1.89. The molecule has 0 aliphatic rings. The van der Waals surface area contributed by atoms with Gasteiger partial charge in [0.05, 0.1) is 5.56 Å². The Hall–Kier alpha value is -2.82. The van der Waals surface area contributed by atoms with E-state index in [0.717, 1.165) is 12.1 Å². The molecule has 0 saturated carbocycles. The van der Waals surface area contributed by atoms with Gasteiger partial charge < -0.3 is 15.3 Å². The maximum absolute atomic E-state index is 11.2. The van der Waals surface area contributed by atoms with Crippen LogP contribution in [0.25, 0.3) is 16.8 Å². The third-order valence-corrected chi connectivity index (χ3v) is 2.69. The second-order valence-corrected chi connectivity index (χ2v) is 3.88. The third-order valence-electron chi connectivity index (χ3n) is 2.69. The molecule has 0 heterocycles. The minimum absolute atomic E-state index is 0.145. The Kier molecular flexibility index (Phi) is 3.20. The van der Waals surface area contributed by atoms with E-state index < -0.39 is 11.9 Å². The quantitative estimate of drug-likeness (QED) is 0.734. The average Bonchev–Trinajstić information content (AvgIpc) is 2.37. The molecule has 96 valence electrons. The Bertz CT molecular complexity index is 700. The number of carboxylic acids is 2. The van der Waals surface area contributed by atoms with Crippen molar-refractivity contribution in [2.45, 2.75) is 0 Å². The number of aliphatic carboxylic acids is 1. The lowest BCUT2D eigenvalue weighted by Crippen LogP contribution is -2.01. The minimum atomic E-state index is -1.23. The van der Waals surface area contributed by atoms with Gasteiger partial charge in [0, 0.05) is 11.5 Å². The summed E-state index contributed by atoms with van der Waals surface area (Å²) in [7, 11) is 0. The predicted molar refractivity (Wildman–Crippen MR) is 69.2 cm³/mol. The molecular formula is C14H10O5. The summed E-state index contributed by atoms with van der Waals surface area (Å²) >= 11 is 0. The topological polar surface area (TPSA) is 94.8 Å². The van der Waals surface area contributed by atoms with Crippen LogP contribution < -0.4 is 0 Å². The van der Waals surface area contributed by atoms with Gasteiger partial charge in [0.2, 0.25) is 0 Å². The zero-order valence-corrected chi connectivity index (χ0v) is 9.70. The number of carboxylic acid groups (broad SMARTS) is 2. The molecule has 0 spiro atoms. The van der Waals surface area contributed by atoms with Crippen molar-refractivity contribution < 1.29 is 24.9 Å². The summed E-state index contributed by atoms with van der Waals surface area (Å²) < 4.78 is 0. The third kappa shape index (κ3) is 2.40. The summed E-state index contributed by atoms with van der Waals surface area (Å²) in [6.45, 7) is 0. The molecule has 0 radical (unpaired) electrons. The maximum Gasteiger partial charge on any atom is 0.336 e. The van der Waals surface area contributed by atoms with E-state index in [0.29, 0.717) is 10.8 Å². The smallest absolute Gasteiger partial charge is 0.336 e. The second-order valence-electron chi connectivity index (χ2n) is 3.88. The van der Waals surface area contributed by atoms with E-state index in [1.807, 2.05) is 0 Å². The van der Waals surface area contributed by atoms with Gasteiger partial charge >= 0.3 is 11.9 Å². The molecule has 5 nitrogen and oxygen atoms in total. The molecule has 0 aliphatic carbocycles. The monoisotopic (exact) mass is 258 g/mol. The van der Waals surface area contributed by atoms with Gasteiger partial charge in [-0.2, -0.15) is 0 Å². The number of phenols is 1. The molecule has 0 unspecified atom stereocenters. The first-order chi connectivity index (χ1) is 9.00. The number of benzene rings is 2. The lowest BCUT2D eigenvalue weighted by atomic mass is 9.97. The molecule has 2 aromatic rings. The fraction of sp³-hybridized carbons (Fsp3) is 0. The molecule has 0 aliphatic heterocycles. The zero-order chi connectivity index (χ0) is 14.0. The Morgan fingerprint density at radius 1 is 1.05 bits per heavy atom. The fourth-order valence-corrected chi connectivity index (χ4v) is 1.89. The Morgan fingerprint density at radius 2 is 1.68 bits per heavy atom. The highest BCUT2D eigenvalue weighted by atomic mass is 16.4. The minimum Gasteiger partial charge on any atom is -0.507 e. The molecule has 0 fully saturated rings. The normalized spacial score (nSPS) is 10.9. The number of aromatic hydroxyl groups is 1. The van der Waals surface area contributed by atoms with Crippen LogP contribution in [0.3, 0.4) is 0 Å². The number of aromatic carboxylic acids is 1. The molecule has 0 amide bonds. The van der Waals surface area contributed by atoms with Crippen LogP contribution in [0, 0.1) is 0 Å². The van der Waals surface area contributed by atoms with Crippen LogP contribution in [0.2, 0.25) is 0 Å². The first-order valence-electron chi connectivity index (χ1n) is 5.39. The van der Waals surface area contributed by atoms with Gasteiger partial charge in [0.25, 0.3) is 0 Å². The van der Waals surface area contributed by atoms with Crippen LogP contribution in [-0.2, 0) is 4.79 Å². The predicted octanol–water partition coefficient (Wildman–Crippen LogP) is 2.34. The number of rotatable bonds is 3. The molecule has 19 heavy (non-hydrogen) atoms. The standard InChI is InChI=1S/C14H10O5/c15-12-7-11(14(18)19)9(5-6-13(16)17)8-3-1-2-4-10(8)12/h1-7,15H,(H,16,17)(H,18,19)/b6-5-. The van der Waals surface area contributed by atoms with Crippen molar-refractivity contribution >= 4 is 28.8 Å². The molecular weight excluding hydrogens is 248 g/mol. The number of phenolic OH excluding ortho intramolecular Hbond substituents is 1. The van der Waals surface area contributed by atoms with Gasteiger partial charge in [0.15, 0.2) is 0 Å². The van der Waals surface area contributed by atoms with E-state index in [1.165, 1.54) is 6.08 Å². The van der Waals surface area contributed by atoms with Gasteiger partial charge in [-0.1, -0.05) is 24.3 Å². The van der Waals surface area contributed by atoms with Crippen LogP contribution in [0.15, 0.2) is 36.4 Å². The molecule has 2 rings (SSSR count). The Labute approximate surface area is 108 Å². The van der Waals surface area contributed by atoms with Crippen LogP contribution in [0.4, 0.5) is 0 Å². The first-order valence-corrected chi connectivity index (χ1v) is 5.39. The SMILES string of the molecule is O=C(O)/C=C\c1c(C(=O)O)cc(O)c2ccccc12. The number of fused-ring (bicyclic) bond motifs is 1. The summed E-state index contributed by atoms with van der Waals surface area (Å²) in [6, 6.07) is 7.77. The summed E-state index contributed by atoms with van der Waals surface area (Å²) in [4.78, 5) is 21.7. The van der Waals surface area contributed by atoms with E-state index in [1.54, 1.807) is 24.3 Å². The van der Waals surface area contributed by atoms with Gasteiger partial charge in [-0.3, -0.25) is 0 Å². The van der Waals surface area contributed by atoms with Gasteiger partial charge in [-0.25, -0.2) is 9.59 Å². The van der Waals surface area contributed by atoms with Crippen LogP contribution in [-0.4, -0.2) is 27.3 Å². The van der Waals surface area contributed by atoms with Gasteiger partial charge in [-0.15, -0.1) is 0 Å². The van der Waals surface area contributed by atoms with E-state index in [-0.39, 0.29) is 16.9 Å². The van der Waals surface area contributed by atoms with E-state index >= 15 is 0 Å². The van der Waals surface area contributed by atoms with E-state index in [4.69, 9.17) is 10.2 Å². The number of hydrogen-bond donors (Lipinski definition) is 3. The van der Waals surface area contributed by atoms with Crippen LogP contribution in [0.5, 0.6) is 5.75 Å². The Morgan fingerprint density at radius 3 is 2.26 bits per heavy atom. The largest absolute Gasteiger partial charge is 0.507 e. The summed E-state index contributed by atoms with van der Waals surface area (Å²) in [5.41, 5.74) is 0.108. The average molecular weight is 258 g/mol. The van der Waals surface area contributed by atoms with Crippen molar-refractivity contribution in [2.24, 2.45) is 0 Å². The second kappa shape index (κ2) is 4.81. The molecule has 0 atom stereocenters. The lowest BCUT2D eigenvalue weighted by molar-refractivity contribution is -0.131. The molecule has 5 heteroatoms. The molecule has 0 saturated heterocycles. The molecule has 0 aromatic heterocycles. The first kappa shape index (κ1) is 12.6. The van der Waals surface area contributed by atoms with Crippen LogP contribution in [0.1, 0.15) is 15.9 Å². The van der Waals surface area contributed by atoms with Gasteiger partial charge in [0.1, 0.15) is 5.75 Å². The van der Waals surface area contributed by atoms with Crippen molar-refractivity contribution in [1.29, 1.82) is 0 Å². The van der Waals surface area contributed by atoms with Gasteiger partial charge in [-0.05, 0) is 23.1 Å². The maximum atomic E-state index is 11.2. The molecule has 3 N–H and O–H groups in total. The highest BCUT2D eigenvalue weighted by Gasteiger charge is 2.14. The summed E-state index contributed by atoms with van der Waals surface area (Å²) in [5.74, 6) is -2.56. The summed E-state index contributed by atoms with van der Waals surface area (Å²) in [5, 5.41) is 28.5. The summed E-state index contributed by atoms with van der Waals surface area (Å²) in [6.07, 6.45) is 2.08. The van der Waals surface area contributed by atoms with Crippen molar-refractivity contribution in [3.05, 3.63) is 47.5 Å². The zero-order valence-electron chi connectivity index (χ0n) is 9.70. The van der Waals surface area contributed by atoms with Crippen LogP contribution >= 0.6 is 0 Å². The highest BCUT2D eigenvalue weighted by Crippen LogP contribution is 2.31. The van der Waals surface area contributed by atoms with E-state index in [9.17, 15) is 14.7 Å². The van der Waals surface area contributed by atoms with Crippen molar-refractivity contribution in [2.75, 3.05) is 0 Å². The van der Waals surface area contributed by atoms with Crippen molar-refractivity contribution in [3.8, 4) is 5.75 Å². The Balaban J connectivity index is 2.83. The number of carbonyl (C=O) groups is 2. The van der Waals surface area contributed by atoms with Crippen molar-refractivity contribution in [3.63, 3.8) is 0 Å². The lowest BCUT2D eigenvalue weighted by Gasteiger charge is -2.08. The molecule has 2 aromatic carbocycles. The highest BCUT2D eigenvalue weighted by molar-refractivity contribution is 6.05. The van der Waals surface area contributed by atoms with E-state index in [2.05, 4.69) is 0 Å². The number of hydrogen-bond acceptors (Lipinski definition) is 3. The molecule has 0 bridgehead atoms.